The van der Waals surface area contributed by atoms with Crippen LogP contribution in [0.25, 0.3) is 11.4 Å². The molecule has 0 unspecified atom stereocenters. The fourth-order valence-corrected chi connectivity index (χ4v) is 2.36. The fraction of sp³-hybridized carbons (Fsp3) is 0.583. The van der Waals surface area contributed by atoms with Crippen molar-refractivity contribution in [3.63, 3.8) is 0 Å². The van der Waals surface area contributed by atoms with Gasteiger partial charge < -0.3 is 5.11 Å². The second-order valence-electron chi connectivity index (χ2n) is 5.26. The SMILES string of the molecule is CCc1nn(C)cc1-c1nnnn1CC1(C(=O)O)CC1. The molecule has 2 aromatic rings. The van der Waals surface area contributed by atoms with Crippen molar-refractivity contribution in [1.29, 1.82) is 0 Å². The molecule has 0 spiro atoms. The van der Waals surface area contributed by atoms with Gasteiger partial charge in [-0.25, -0.2) is 4.68 Å². The zero-order chi connectivity index (χ0) is 14.3. The van der Waals surface area contributed by atoms with Crippen molar-refractivity contribution in [2.24, 2.45) is 12.5 Å². The minimum atomic E-state index is -0.777. The number of carboxylic acids is 1. The molecule has 0 aliphatic heterocycles. The van der Waals surface area contributed by atoms with E-state index >= 15 is 0 Å². The zero-order valence-corrected chi connectivity index (χ0v) is 11.4. The van der Waals surface area contributed by atoms with E-state index in [9.17, 15) is 9.90 Å². The van der Waals surface area contributed by atoms with Crippen LogP contribution in [0.5, 0.6) is 0 Å². The minimum Gasteiger partial charge on any atom is -0.481 e. The first-order valence-corrected chi connectivity index (χ1v) is 6.58. The second kappa shape index (κ2) is 4.39. The number of hydrogen-bond donors (Lipinski definition) is 1. The Labute approximate surface area is 115 Å². The van der Waals surface area contributed by atoms with E-state index in [1.54, 1.807) is 9.36 Å². The molecule has 8 heteroatoms. The summed E-state index contributed by atoms with van der Waals surface area (Å²) in [6.45, 7) is 2.32. The fourth-order valence-electron chi connectivity index (χ4n) is 2.36. The third-order valence-electron chi connectivity index (χ3n) is 3.77. The summed E-state index contributed by atoms with van der Waals surface area (Å²) in [6, 6.07) is 0. The molecule has 0 amide bonds. The van der Waals surface area contributed by atoms with Crippen LogP contribution < -0.4 is 0 Å². The third-order valence-corrected chi connectivity index (χ3v) is 3.77. The van der Waals surface area contributed by atoms with E-state index < -0.39 is 11.4 Å². The summed E-state index contributed by atoms with van der Waals surface area (Å²) in [5, 5.41) is 25.3. The van der Waals surface area contributed by atoms with Crippen molar-refractivity contribution in [3.8, 4) is 11.4 Å². The minimum absolute atomic E-state index is 0.308. The van der Waals surface area contributed by atoms with Crippen molar-refractivity contribution in [2.75, 3.05) is 0 Å². The number of carbonyl (C=O) groups is 1. The van der Waals surface area contributed by atoms with Crippen LogP contribution in [0.4, 0.5) is 0 Å². The summed E-state index contributed by atoms with van der Waals surface area (Å²) >= 11 is 0. The molecule has 1 fully saturated rings. The predicted octanol–water partition coefficient (Wildman–Crippen LogP) is 0.501. The smallest absolute Gasteiger partial charge is 0.311 e. The molecule has 8 nitrogen and oxygen atoms in total. The van der Waals surface area contributed by atoms with Gasteiger partial charge in [-0.05, 0) is 29.7 Å². The molecule has 1 N–H and O–H groups in total. The molecular formula is C12H16N6O2. The number of hydrogen-bond acceptors (Lipinski definition) is 5. The van der Waals surface area contributed by atoms with Gasteiger partial charge >= 0.3 is 5.97 Å². The summed E-state index contributed by atoms with van der Waals surface area (Å²) in [5.74, 6) is -0.191. The van der Waals surface area contributed by atoms with Gasteiger partial charge in [0.2, 0.25) is 0 Å². The van der Waals surface area contributed by atoms with Crippen LogP contribution in [0, 0.1) is 5.41 Å². The lowest BCUT2D eigenvalue weighted by atomic mass is 10.1. The highest BCUT2D eigenvalue weighted by Crippen LogP contribution is 2.47. The highest BCUT2D eigenvalue weighted by molar-refractivity contribution is 5.77. The summed E-state index contributed by atoms with van der Waals surface area (Å²) in [7, 11) is 1.84. The molecule has 2 aromatic heterocycles. The topological polar surface area (TPSA) is 98.7 Å². The Balaban J connectivity index is 1.96. The molecule has 1 saturated carbocycles. The number of nitrogens with zero attached hydrogens (tertiary/aromatic N) is 6. The number of aliphatic carboxylic acids is 1. The molecule has 1 aliphatic rings. The molecular weight excluding hydrogens is 260 g/mol. The second-order valence-corrected chi connectivity index (χ2v) is 5.26. The van der Waals surface area contributed by atoms with Gasteiger partial charge in [-0.2, -0.15) is 5.10 Å². The number of tetrazole rings is 1. The Hall–Kier alpha value is -2.25. The van der Waals surface area contributed by atoms with E-state index in [0.29, 0.717) is 25.2 Å². The molecule has 20 heavy (non-hydrogen) atoms. The third kappa shape index (κ3) is 1.97. The van der Waals surface area contributed by atoms with Gasteiger partial charge in [0.15, 0.2) is 5.82 Å². The molecule has 2 heterocycles. The lowest BCUT2D eigenvalue weighted by Gasteiger charge is -2.10. The maximum atomic E-state index is 11.3. The monoisotopic (exact) mass is 276 g/mol. The molecule has 1 aliphatic carbocycles. The normalized spacial score (nSPS) is 16.3. The first kappa shape index (κ1) is 12.8. The number of carboxylic acid groups (broad SMARTS) is 1. The highest BCUT2D eigenvalue weighted by Gasteiger charge is 2.51. The molecule has 0 saturated heterocycles. The van der Waals surface area contributed by atoms with Crippen LogP contribution in [0.1, 0.15) is 25.5 Å². The Morgan fingerprint density at radius 3 is 2.85 bits per heavy atom. The van der Waals surface area contributed by atoms with E-state index in [2.05, 4.69) is 20.6 Å². The van der Waals surface area contributed by atoms with Gasteiger partial charge in [0, 0.05) is 13.2 Å². The summed E-state index contributed by atoms with van der Waals surface area (Å²) < 4.78 is 3.30. The summed E-state index contributed by atoms with van der Waals surface area (Å²) in [6.07, 6.45) is 3.99. The van der Waals surface area contributed by atoms with Crippen LogP contribution in [-0.4, -0.2) is 41.1 Å². The van der Waals surface area contributed by atoms with Gasteiger partial charge in [0.1, 0.15) is 0 Å². The highest BCUT2D eigenvalue weighted by atomic mass is 16.4. The molecule has 0 atom stereocenters. The van der Waals surface area contributed by atoms with Gasteiger partial charge in [0.05, 0.1) is 23.2 Å². The van der Waals surface area contributed by atoms with E-state index in [1.807, 2.05) is 20.2 Å². The Morgan fingerprint density at radius 1 is 1.50 bits per heavy atom. The lowest BCUT2D eigenvalue weighted by Crippen LogP contribution is -2.22. The largest absolute Gasteiger partial charge is 0.481 e. The van der Waals surface area contributed by atoms with Crippen LogP contribution in [0.2, 0.25) is 0 Å². The summed E-state index contributed by atoms with van der Waals surface area (Å²) in [5.41, 5.74) is 1.07. The Bertz CT molecular complexity index is 655. The van der Waals surface area contributed by atoms with Gasteiger partial charge in [-0.15, -0.1) is 5.10 Å². The van der Waals surface area contributed by atoms with Gasteiger partial charge in [-0.3, -0.25) is 9.48 Å². The van der Waals surface area contributed by atoms with E-state index in [0.717, 1.165) is 17.7 Å². The first-order chi connectivity index (χ1) is 9.55. The Morgan fingerprint density at radius 2 is 2.25 bits per heavy atom. The maximum Gasteiger partial charge on any atom is 0.311 e. The standard InChI is InChI=1S/C12H16N6O2/c1-3-9-8(6-17(2)14-9)10-13-15-16-18(10)7-12(4-5-12)11(19)20/h6H,3-5,7H2,1-2H3,(H,19,20). The van der Waals surface area contributed by atoms with Gasteiger partial charge in [0.25, 0.3) is 0 Å². The average Bonchev–Trinajstić information content (AvgIpc) is 2.89. The maximum absolute atomic E-state index is 11.3. The van der Waals surface area contributed by atoms with E-state index in [4.69, 9.17) is 0 Å². The average molecular weight is 276 g/mol. The first-order valence-electron chi connectivity index (χ1n) is 6.58. The van der Waals surface area contributed by atoms with Crippen molar-refractivity contribution in [2.45, 2.75) is 32.7 Å². The summed E-state index contributed by atoms with van der Waals surface area (Å²) in [4.78, 5) is 11.3. The van der Waals surface area contributed by atoms with E-state index in [-0.39, 0.29) is 0 Å². The molecule has 0 bridgehead atoms. The van der Waals surface area contributed by atoms with Crippen molar-refractivity contribution in [1.82, 2.24) is 30.0 Å². The predicted molar refractivity (Wildman–Crippen MR) is 68.7 cm³/mol. The van der Waals surface area contributed by atoms with Gasteiger partial charge in [-0.1, -0.05) is 6.92 Å². The van der Waals surface area contributed by atoms with Crippen molar-refractivity contribution >= 4 is 5.97 Å². The molecule has 0 radical (unpaired) electrons. The van der Waals surface area contributed by atoms with Crippen LogP contribution >= 0.6 is 0 Å². The zero-order valence-electron chi connectivity index (χ0n) is 11.4. The molecule has 3 rings (SSSR count). The quantitative estimate of drug-likeness (QED) is 0.853. The van der Waals surface area contributed by atoms with Crippen molar-refractivity contribution in [3.05, 3.63) is 11.9 Å². The lowest BCUT2D eigenvalue weighted by molar-refractivity contribution is -0.144. The van der Waals surface area contributed by atoms with Crippen LogP contribution in [-0.2, 0) is 24.8 Å². The molecule has 0 aromatic carbocycles. The number of rotatable bonds is 5. The van der Waals surface area contributed by atoms with Crippen LogP contribution in [0.15, 0.2) is 6.20 Å². The number of aryl methyl sites for hydroxylation is 2. The van der Waals surface area contributed by atoms with Crippen LogP contribution in [0.3, 0.4) is 0 Å². The van der Waals surface area contributed by atoms with E-state index in [1.165, 1.54) is 0 Å². The molecule has 106 valence electrons. The number of aromatic nitrogens is 6. The van der Waals surface area contributed by atoms with Crippen molar-refractivity contribution < 1.29 is 9.90 Å². The Kier molecular flexibility index (Phi) is 2.81.